The monoisotopic (exact) mass is 309 g/mol. The summed E-state index contributed by atoms with van der Waals surface area (Å²) in [6, 6.07) is 3.93. The van der Waals surface area contributed by atoms with Crippen LogP contribution >= 0.6 is 11.3 Å². The van der Waals surface area contributed by atoms with E-state index >= 15 is 0 Å². The number of hydrogen-bond donors (Lipinski definition) is 0. The van der Waals surface area contributed by atoms with Crippen LogP contribution in [0, 0.1) is 10.1 Å². The second-order valence-electron chi connectivity index (χ2n) is 4.83. The van der Waals surface area contributed by atoms with Gasteiger partial charge < -0.3 is 14.1 Å². The highest BCUT2D eigenvalue weighted by Gasteiger charge is 2.31. The van der Waals surface area contributed by atoms with Gasteiger partial charge in [0.1, 0.15) is 24.3 Å². The highest BCUT2D eigenvalue weighted by molar-refractivity contribution is 7.18. The summed E-state index contributed by atoms with van der Waals surface area (Å²) >= 11 is 1.10. The van der Waals surface area contributed by atoms with E-state index in [1.807, 2.05) is 12.1 Å². The van der Waals surface area contributed by atoms with E-state index in [1.165, 1.54) is 6.20 Å². The lowest BCUT2D eigenvalue weighted by molar-refractivity contribution is -0.380. The maximum atomic E-state index is 10.8. The molecule has 3 rings (SSSR count). The van der Waals surface area contributed by atoms with Gasteiger partial charge in [-0.1, -0.05) is 0 Å². The lowest BCUT2D eigenvalue weighted by Crippen LogP contribution is -2.21. The quantitative estimate of drug-likeness (QED) is 0.623. The van der Waals surface area contributed by atoms with Gasteiger partial charge in [-0.3, -0.25) is 10.1 Å². The van der Waals surface area contributed by atoms with Crippen molar-refractivity contribution in [3.63, 3.8) is 0 Å². The topological polar surface area (TPSA) is 81.6 Å². The minimum atomic E-state index is -0.407. The van der Waals surface area contributed by atoms with Gasteiger partial charge in [-0.2, -0.15) is 0 Å². The van der Waals surface area contributed by atoms with Crippen molar-refractivity contribution in [1.82, 2.24) is 4.98 Å². The van der Waals surface area contributed by atoms with Crippen molar-refractivity contribution in [3.8, 4) is 0 Å². The van der Waals surface area contributed by atoms with Crippen LogP contribution in [0.3, 0.4) is 0 Å². The minimum Gasteiger partial charge on any atom is -0.461 e. The van der Waals surface area contributed by atoms with Crippen molar-refractivity contribution in [2.24, 2.45) is 0 Å². The standard InChI is InChI=1S/C13H15N3O4S/c1-19-8-9-4-5-11(20-9)10-3-2-6-15(10)13-14-7-12(21-13)16(17)18/h4-5,7,10H,2-3,6,8H2,1H3. The summed E-state index contributed by atoms with van der Waals surface area (Å²) in [5, 5.41) is 11.5. The van der Waals surface area contributed by atoms with E-state index in [2.05, 4.69) is 9.88 Å². The molecule has 1 unspecified atom stereocenters. The van der Waals surface area contributed by atoms with Crippen LogP contribution in [0.4, 0.5) is 10.1 Å². The zero-order chi connectivity index (χ0) is 14.8. The van der Waals surface area contributed by atoms with E-state index in [0.29, 0.717) is 11.7 Å². The summed E-state index contributed by atoms with van der Waals surface area (Å²) in [4.78, 5) is 16.6. The van der Waals surface area contributed by atoms with Gasteiger partial charge in [-0.15, -0.1) is 0 Å². The van der Waals surface area contributed by atoms with Gasteiger partial charge >= 0.3 is 5.00 Å². The number of thiazole rings is 1. The van der Waals surface area contributed by atoms with Crippen LogP contribution in [0.5, 0.6) is 0 Å². The average Bonchev–Trinajstić information content (AvgIpc) is 3.18. The highest BCUT2D eigenvalue weighted by atomic mass is 32.1. The van der Waals surface area contributed by atoms with Crippen molar-refractivity contribution < 1.29 is 14.1 Å². The molecule has 2 aromatic rings. The molecule has 0 aromatic carbocycles. The van der Waals surface area contributed by atoms with Gasteiger partial charge in [0.05, 0.1) is 11.0 Å². The van der Waals surface area contributed by atoms with E-state index < -0.39 is 4.92 Å². The second-order valence-corrected chi connectivity index (χ2v) is 5.81. The van der Waals surface area contributed by atoms with E-state index in [4.69, 9.17) is 9.15 Å². The Morgan fingerprint density at radius 3 is 3.19 bits per heavy atom. The predicted octanol–water partition coefficient (Wildman–Crippen LogP) is 3.13. The molecule has 7 nitrogen and oxygen atoms in total. The first-order chi connectivity index (χ1) is 10.2. The van der Waals surface area contributed by atoms with Gasteiger partial charge in [0.25, 0.3) is 0 Å². The predicted molar refractivity (Wildman–Crippen MR) is 77.5 cm³/mol. The molecular formula is C13H15N3O4S. The summed E-state index contributed by atoms with van der Waals surface area (Å²) in [6.07, 6.45) is 3.28. The number of furan rings is 1. The Bertz CT molecular complexity index is 639. The van der Waals surface area contributed by atoms with Gasteiger partial charge in [-0.25, -0.2) is 4.98 Å². The van der Waals surface area contributed by atoms with Crippen LogP contribution in [0.2, 0.25) is 0 Å². The van der Waals surface area contributed by atoms with Crippen LogP contribution in [-0.4, -0.2) is 23.6 Å². The Labute approximate surface area is 125 Å². The molecule has 0 N–H and O–H groups in total. The molecule has 112 valence electrons. The molecule has 21 heavy (non-hydrogen) atoms. The molecule has 1 atom stereocenters. The van der Waals surface area contributed by atoms with Gasteiger partial charge in [0.2, 0.25) is 0 Å². The van der Waals surface area contributed by atoms with Crippen LogP contribution in [0.1, 0.15) is 30.4 Å². The molecule has 0 amide bonds. The first-order valence-electron chi connectivity index (χ1n) is 6.63. The van der Waals surface area contributed by atoms with Crippen LogP contribution in [-0.2, 0) is 11.3 Å². The molecule has 1 fully saturated rings. The molecule has 3 heterocycles. The Balaban J connectivity index is 1.82. The molecule has 0 aliphatic carbocycles. The summed E-state index contributed by atoms with van der Waals surface area (Å²) in [5.41, 5.74) is 0. The Hall–Kier alpha value is -1.93. The van der Waals surface area contributed by atoms with Crippen molar-refractivity contribution >= 4 is 21.5 Å². The number of rotatable bonds is 5. The number of methoxy groups -OCH3 is 1. The number of aromatic nitrogens is 1. The molecule has 2 aromatic heterocycles. The van der Waals surface area contributed by atoms with E-state index in [-0.39, 0.29) is 11.0 Å². The summed E-state index contributed by atoms with van der Waals surface area (Å²) < 4.78 is 10.8. The molecule has 0 saturated carbocycles. The fourth-order valence-corrected chi connectivity index (χ4v) is 3.37. The maximum Gasteiger partial charge on any atom is 0.345 e. The van der Waals surface area contributed by atoms with Gasteiger partial charge in [0.15, 0.2) is 5.13 Å². The third-order valence-corrected chi connectivity index (χ3v) is 4.44. The smallest absolute Gasteiger partial charge is 0.345 e. The number of hydrogen-bond acceptors (Lipinski definition) is 7. The van der Waals surface area contributed by atoms with Crippen LogP contribution in [0.15, 0.2) is 22.7 Å². The Morgan fingerprint density at radius 2 is 2.48 bits per heavy atom. The lowest BCUT2D eigenvalue weighted by atomic mass is 10.2. The minimum absolute atomic E-state index is 0.0650. The van der Waals surface area contributed by atoms with Crippen molar-refractivity contribution in [3.05, 3.63) is 40.0 Å². The zero-order valence-electron chi connectivity index (χ0n) is 11.5. The number of nitro groups is 1. The molecule has 1 saturated heterocycles. The first kappa shape index (κ1) is 14.0. The SMILES string of the molecule is COCc1ccc(C2CCCN2c2ncc([N+](=O)[O-])s2)o1. The number of ether oxygens (including phenoxy) is 1. The van der Waals surface area contributed by atoms with Crippen LogP contribution in [0.25, 0.3) is 0 Å². The number of nitrogens with zero attached hydrogens (tertiary/aromatic N) is 3. The third kappa shape index (κ3) is 2.77. The summed E-state index contributed by atoms with van der Waals surface area (Å²) in [5.74, 6) is 1.64. The normalized spacial score (nSPS) is 18.3. The highest BCUT2D eigenvalue weighted by Crippen LogP contribution is 2.40. The third-order valence-electron chi connectivity index (χ3n) is 3.46. The first-order valence-corrected chi connectivity index (χ1v) is 7.45. The van der Waals surface area contributed by atoms with E-state index in [1.54, 1.807) is 7.11 Å². The second kappa shape index (κ2) is 5.82. The Morgan fingerprint density at radius 1 is 1.62 bits per heavy atom. The molecule has 0 radical (unpaired) electrons. The van der Waals surface area contributed by atoms with Crippen molar-refractivity contribution in [2.75, 3.05) is 18.6 Å². The van der Waals surface area contributed by atoms with E-state index in [9.17, 15) is 10.1 Å². The largest absolute Gasteiger partial charge is 0.461 e. The molecule has 0 bridgehead atoms. The molecule has 8 heteroatoms. The fourth-order valence-electron chi connectivity index (χ4n) is 2.56. The van der Waals surface area contributed by atoms with E-state index in [0.717, 1.165) is 42.2 Å². The maximum absolute atomic E-state index is 10.8. The number of anilines is 1. The van der Waals surface area contributed by atoms with Crippen LogP contribution < -0.4 is 4.90 Å². The molecule has 1 aliphatic rings. The van der Waals surface area contributed by atoms with Gasteiger partial charge in [-0.05, 0) is 36.3 Å². The summed E-state index contributed by atoms with van der Waals surface area (Å²) in [7, 11) is 1.62. The lowest BCUT2D eigenvalue weighted by Gasteiger charge is -2.21. The molecule has 1 aliphatic heterocycles. The van der Waals surface area contributed by atoms with Crippen molar-refractivity contribution in [1.29, 1.82) is 0 Å². The zero-order valence-corrected chi connectivity index (χ0v) is 12.3. The average molecular weight is 309 g/mol. The molecule has 0 spiro atoms. The fraction of sp³-hybridized carbons (Fsp3) is 0.462. The van der Waals surface area contributed by atoms with Gasteiger partial charge in [0, 0.05) is 13.7 Å². The summed E-state index contributed by atoms with van der Waals surface area (Å²) in [6.45, 7) is 1.27. The molecular weight excluding hydrogens is 294 g/mol. The Kier molecular flexibility index (Phi) is 3.89. The van der Waals surface area contributed by atoms with Crippen molar-refractivity contribution in [2.45, 2.75) is 25.5 Å².